The SMILES string of the molecule is CCCC(=O)O.CCCCCCC(=O)O.CCCCCCC(=O)O.CCCCCCC(=O)O.OCC(CO)(CO)CO. The van der Waals surface area contributed by atoms with E-state index < -0.39 is 55.7 Å². The number of carboxylic acids is 4. The number of hydrogen-bond donors (Lipinski definition) is 8. The second-order valence-corrected chi connectivity index (χ2v) is 9.89. The van der Waals surface area contributed by atoms with Crippen LogP contribution in [0.1, 0.15) is 137 Å². The minimum Gasteiger partial charge on any atom is -0.481 e. The number of aliphatic hydroxyl groups excluding tert-OH is 4. The first-order valence-electron chi connectivity index (χ1n) is 15.1. The Morgan fingerprint density at radius 1 is 0.381 bits per heavy atom. The van der Waals surface area contributed by atoms with Gasteiger partial charge in [-0.25, -0.2) is 0 Å². The monoisotopic (exact) mass is 614 g/mol. The molecule has 0 spiro atoms. The standard InChI is InChI=1S/3C7H14O2.C5H12O4.C4H8O2/c3*1-2-3-4-5-6-7(8)9;6-1-5(2-7,3-8)4-9;1-2-3-4(5)6/h3*2-6H2,1H3,(H,8,9);6-9H,1-4H2;2-3H2,1H3,(H,5,6). The van der Waals surface area contributed by atoms with Gasteiger partial charge in [-0.1, -0.05) is 85.5 Å². The molecule has 254 valence electrons. The lowest BCUT2D eigenvalue weighted by molar-refractivity contribution is -0.138. The summed E-state index contributed by atoms with van der Waals surface area (Å²) in [5, 5.41) is 66.5. The van der Waals surface area contributed by atoms with Crippen molar-refractivity contribution < 1.29 is 60.0 Å². The van der Waals surface area contributed by atoms with Gasteiger partial charge in [0.15, 0.2) is 0 Å². The lowest BCUT2D eigenvalue weighted by Gasteiger charge is -2.23. The highest BCUT2D eigenvalue weighted by atomic mass is 16.4. The van der Waals surface area contributed by atoms with Gasteiger partial charge in [-0.3, -0.25) is 19.2 Å². The van der Waals surface area contributed by atoms with E-state index in [2.05, 4.69) is 20.8 Å². The molecule has 0 aromatic carbocycles. The largest absolute Gasteiger partial charge is 0.481 e. The summed E-state index contributed by atoms with van der Waals surface area (Å²) < 4.78 is 0. The summed E-state index contributed by atoms with van der Waals surface area (Å²) in [5.74, 6) is -2.74. The molecule has 0 aromatic heterocycles. The van der Waals surface area contributed by atoms with Gasteiger partial charge in [-0.05, 0) is 25.7 Å². The molecule has 0 saturated carbocycles. The summed E-state index contributed by atoms with van der Waals surface area (Å²) in [6, 6.07) is 0. The van der Waals surface area contributed by atoms with Crippen molar-refractivity contribution in [3.63, 3.8) is 0 Å². The maximum absolute atomic E-state index is 9.96. The summed E-state index contributed by atoms with van der Waals surface area (Å²) in [6.07, 6.45) is 14.7. The van der Waals surface area contributed by atoms with Crippen molar-refractivity contribution in [3.05, 3.63) is 0 Å². The van der Waals surface area contributed by atoms with E-state index in [4.69, 9.17) is 40.9 Å². The Morgan fingerprint density at radius 3 is 0.714 bits per heavy atom. The summed E-state index contributed by atoms with van der Waals surface area (Å²) >= 11 is 0. The lowest BCUT2D eigenvalue weighted by atomic mass is 9.93. The van der Waals surface area contributed by atoms with Crippen molar-refractivity contribution in [2.24, 2.45) is 5.41 Å². The van der Waals surface area contributed by atoms with Gasteiger partial charge in [-0.15, -0.1) is 0 Å². The summed E-state index contributed by atoms with van der Waals surface area (Å²) in [6.45, 7) is 6.55. The molecule has 12 nitrogen and oxygen atoms in total. The highest BCUT2D eigenvalue weighted by molar-refractivity contribution is 5.67. The van der Waals surface area contributed by atoms with Gasteiger partial charge >= 0.3 is 23.9 Å². The molecule has 0 aliphatic rings. The van der Waals surface area contributed by atoms with Crippen LogP contribution in [0.2, 0.25) is 0 Å². The zero-order valence-corrected chi connectivity index (χ0v) is 26.6. The number of carboxylic acid groups (broad SMARTS) is 4. The molecule has 42 heavy (non-hydrogen) atoms. The predicted octanol–water partition coefficient (Wildman–Crippen LogP) is 4.94. The zero-order chi connectivity index (χ0) is 33.7. The third kappa shape index (κ3) is 53.9. The number of aliphatic carboxylic acids is 4. The van der Waals surface area contributed by atoms with Gasteiger partial charge in [0.1, 0.15) is 0 Å². The first-order chi connectivity index (χ1) is 19.8. The van der Waals surface area contributed by atoms with Crippen LogP contribution in [0.15, 0.2) is 0 Å². The van der Waals surface area contributed by atoms with Crippen molar-refractivity contribution in [3.8, 4) is 0 Å². The van der Waals surface area contributed by atoms with Crippen molar-refractivity contribution in [1.82, 2.24) is 0 Å². The molecule has 0 fully saturated rings. The topological polar surface area (TPSA) is 230 Å². The second kappa shape index (κ2) is 40.9. The Morgan fingerprint density at radius 2 is 0.619 bits per heavy atom. The third-order valence-corrected chi connectivity index (χ3v) is 5.54. The van der Waals surface area contributed by atoms with Crippen LogP contribution >= 0.6 is 0 Å². The summed E-state index contributed by atoms with van der Waals surface area (Å²) in [4.78, 5) is 39.5. The molecule has 0 rings (SSSR count). The minimum absolute atomic E-state index is 0.292. The minimum atomic E-state index is -1.11. The van der Waals surface area contributed by atoms with E-state index in [-0.39, 0.29) is 0 Å². The van der Waals surface area contributed by atoms with E-state index in [0.717, 1.165) is 64.2 Å². The Kier molecular flexibility index (Phi) is 48.1. The molecule has 0 radical (unpaired) electrons. The van der Waals surface area contributed by atoms with Gasteiger partial charge in [0.25, 0.3) is 0 Å². The van der Waals surface area contributed by atoms with Crippen molar-refractivity contribution in [2.75, 3.05) is 26.4 Å². The van der Waals surface area contributed by atoms with E-state index >= 15 is 0 Å². The smallest absolute Gasteiger partial charge is 0.303 e. The van der Waals surface area contributed by atoms with Crippen LogP contribution in [0, 0.1) is 5.41 Å². The molecule has 0 atom stereocenters. The lowest BCUT2D eigenvalue weighted by Crippen LogP contribution is -2.37. The quantitative estimate of drug-likeness (QED) is 0.0804. The van der Waals surface area contributed by atoms with Crippen LogP contribution in [0.25, 0.3) is 0 Å². The number of unbranched alkanes of at least 4 members (excludes halogenated alkanes) is 9. The summed E-state index contributed by atoms with van der Waals surface area (Å²) in [5.41, 5.74) is -1.11. The number of aliphatic hydroxyl groups is 4. The molecule has 12 heteroatoms. The Bertz CT molecular complexity index is 523. The van der Waals surface area contributed by atoms with Gasteiger partial charge in [0, 0.05) is 25.7 Å². The fourth-order valence-corrected chi connectivity index (χ4v) is 2.62. The highest BCUT2D eigenvalue weighted by Crippen LogP contribution is 2.12. The van der Waals surface area contributed by atoms with Crippen LogP contribution in [0.5, 0.6) is 0 Å². The van der Waals surface area contributed by atoms with Crippen LogP contribution in [-0.2, 0) is 19.2 Å². The second-order valence-electron chi connectivity index (χ2n) is 9.89. The van der Waals surface area contributed by atoms with Gasteiger partial charge in [0.2, 0.25) is 0 Å². The van der Waals surface area contributed by atoms with Gasteiger partial charge in [0.05, 0.1) is 31.8 Å². The molecule has 8 N–H and O–H groups in total. The van der Waals surface area contributed by atoms with Gasteiger partial charge in [-0.2, -0.15) is 0 Å². The zero-order valence-electron chi connectivity index (χ0n) is 26.6. The van der Waals surface area contributed by atoms with Crippen LogP contribution in [-0.4, -0.2) is 91.2 Å². The molecule has 0 saturated heterocycles. The Labute approximate surface area is 252 Å². The Balaban J connectivity index is -0.000000137. The first kappa shape index (κ1) is 49.4. The molecule has 0 heterocycles. The molecule has 0 unspecified atom stereocenters. The molecule has 0 aliphatic carbocycles. The number of hydrogen-bond acceptors (Lipinski definition) is 8. The fraction of sp³-hybridized carbons (Fsp3) is 0.867. The summed E-state index contributed by atoms with van der Waals surface area (Å²) in [7, 11) is 0. The molecule has 0 bridgehead atoms. The molecule has 0 aromatic rings. The van der Waals surface area contributed by atoms with Crippen LogP contribution in [0.3, 0.4) is 0 Å². The van der Waals surface area contributed by atoms with Crippen molar-refractivity contribution in [2.45, 2.75) is 137 Å². The normalized spacial score (nSPS) is 9.81. The van der Waals surface area contributed by atoms with E-state index in [1.54, 1.807) is 0 Å². The average Bonchev–Trinajstić information content (AvgIpc) is 2.94. The van der Waals surface area contributed by atoms with E-state index in [1.165, 1.54) is 19.3 Å². The third-order valence-electron chi connectivity index (χ3n) is 5.54. The van der Waals surface area contributed by atoms with E-state index in [0.29, 0.717) is 25.7 Å². The first-order valence-corrected chi connectivity index (χ1v) is 15.1. The molecular formula is C30H62O12. The van der Waals surface area contributed by atoms with Crippen molar-refractivity contribution in [1.29, 1.82) is 0 Å². The van der Waals surface area contributed by atoms with Gasteiger partial charge < -0.3 is 40.9 Å². The predicted molar refractivity (Wildman–Crippen MR) is 163 cm³/mol. The fourth-order valence-electron chi connectivity index (χ4n) is 2.62. The average molecular weight is 615 g/mol. The maximum atomic E-state index is 9.96. The van der Waals surface area contributed by atoms with Crippen LogP contribution < -0.4 is 0 Å². The number of carbonyl (C=O) groups is 4. The van der Waals surface area contributed by atoms with E-state index in [9.17, 15) is 19.2 Å². The molecular weight excluding hydrogens is 552 g/mol. The molecule has 0 aliphatic heterocycles. The van der Waals surface area contributed by atoms with Crippen LogP contribution in [0.4, 0.5) is 0 Å². The maximum Gasteiger partial charge on any atom is 0.303 e. The highest BCUT2D eigenvalue weighted by Gasteiger charge is 2.26. The molecule has 0 amide bonds. The number of rotatable bonds is 21. The Hall–Kier alpha value is -2.28. The van der Waals surface area contributed by atoms with E-state index in [1.807, 2.05) is 6.92 Å². The van der Waals surface area contributed by atoms with Crippen molar-refractivity contribution >= 4 is 23.9 Å².